The molecule has 3 aromatic carbocycles. The van der Waals surface area contributed by atoms with Crippen LogP contribution in [0.4, 0.5) is 10.1 Å². The summed E-state index contributed by atoms with van der Waals surface area (Å²) >= 11 is 0. The number of amides is 2. The van der Waals surface area contributed by atoms with E-state index >= 15 is 0 Å². The average molecular weight is 512 g/mol. The van der Waals surface area contributed by atoms with E-state index in [2.05, 4.69) is 5.32 Å². The van der Waals surface area contributed by atoms with Crippen LogP contribution in [0.3, 0.4) is 0 Å². The van der Waals surface area contributed by atoms with Gasteiger partial charge in [0, 0.05) is 13.1 Å². The number of sulfonamides is 1. The third-order valence-corrected chi connectivity index (χ3v) is 7.63. The van der Waals surface area contributed by atoms with Gasteiger partial charge in [-0.25, -0.2) is 12.8 Å². The van der Waals surface area contributed by atoms with Gasteiger partial charge in [0.05, 0.1) is 10.6 Å². The maximum atomic E-state index is 13.7. The van der Waals surface area contributed by atoms with Gasteiger partial charge >= 0.3 is 0 Å². The minimum atomic E-state index is -4.17. The van der Waals surface area contributed by atoms with E-state index < -0.39 is 34.3 Å². The Bertz CT molecular complexity index is 1300. The Kier molecular flexibility index (Phi) is 8.82. The average Bonchev–Trinajstić information content (AvgIpc) is 2.87. The number of likely N-dealkylation sites (N-methyl/N-ethyl adjacent to an activating group) is 1. The first-order valence-corrected chi connectivity index (χ1v) is 13.0. The van der Waals surface area contributed by atoms with Crippen LogP contribution in [0.1, 0.15) is 25.0 Å². The third kappa shape index (κ3) is 6.28. The molecule has 0 saturated heterocycles. The van der Waals surface area contributed by atoms with Crippen molar-refractivity contribution >= 4 is 27.5 Å². The first-order chi connectivity index (χ1) is 17.1. The van der Waals surface area contributed by atoms with Crippen LogP contribution in [0.15, 0.2) is 83.8 Å². The standard InChI is InChI=1S/C27H30FN3O4S/c1-4-29-27(33)21(3)30(18-22-11-9-8-10-20(22)2)26(32)19-31(24-16-14-23(28)15-17-24)36(34,35)25-12-6-5-7-13-25/h5-17,21H,4,18-19H2,1-3H3,(H,29,33)/t21-/m0/s1. The minimum absolute atomic E-state index is 0.00986. The largest absolute Gasteiger partial charge is 0.355 e. The number of benzene rings is 3. The molecule has 0 aliphatic heterocycles. The van der Waals surface area contributed by atoms with Crippen LogP contribution in [0.2, 0.25) is 0 Å². The van der Waals surface area contributed by atoms with Crippen LogP contribution < -0.4 is 9.62 Å². The molecule has 1 atom stereocenters. The molecule has 9 heteroatoms. The zero-order valence-corrected chi connectivity index (χ0v) is 21.3. The second kappa shape index (κ2) is 11.8. The minimum Gasteiger partial charge on any atom is -0.355 e. The smallest absolute Gasteiger partial charge is 0.264 e. The van der Waals surface area contributed by atoms with Crippen molar-refractivity contribution in [2.75, 3.05) is 17.4 Å². The molecule has 190 valence electrons. The molecule has 0 heterocycles. The number of hydrogen-bond acceptors (Lipinski definition) is 4. The van der Waals surface area contributed by atoms with Gasteiger partial charge in [-0.3, -0.25) is 13.9 Å². The predicted molar refractivity (Wildman–Crippen MR) is 137 cm³/mol. The van der Waals surface area contributed by atoms with Crippen molar-refractivity contribution in [2.45, 2.75) is 38.3 Å². The number of nitrogens with zero attached hydrogens (tertiary/aromatic N) is 2. The number of hydrogen-bond donors (Lipinski definition) is 1. The zero-order chi connectivity index (χ0) is 26.3. The van der Waals surface area contributed by atoms with Gasteiger partial charge in [-0.2, -0.15) is 0 Å². The van der Waals surface area contributed by atoms with Crippen LogP contribution in [0.5, 0.6) is 0 Å². The molecule has 0 radical (unpaired) electrons. The molecule has 0 aliphatic rings. The summed E-state index contributed by atoms with van der Waals surface area (Å²) in [6.07, 6.45) is 0. The number of nitrogens with one attached hydrogen (secondary N) is 1. The van der Waals surface area contributed by atoms with Crippen molar-refractivity contribution in [1.29, 1.82) is 0 Å². The molecule has 3 aromatic rings. The Morgan fingerprint density at radius 3 is 2.17 bits per heavy atom. The summed E-state index contributed by atoms with van der Waals surface area (Å²) in [5.74, 6) is -1.45. The van der Waals surface area contributed by atoms with Gasteiger partial charge in [0.25, 0.3) is 10.0 Å². The first-order valence-electron chi connectivity index (χ1n) is 11.6. The molecular formula is C27H30FN3O4S. The van der Waals surface area contributed by atoms with Crippen molar-refractivity contribution < 1.29 is 22.4 Å². The quantitative estimate of drug-likeness (QED) is 0.448. The summed E-state index contributed by atoms with van der Waals surface area (Å²) in [6, 6.07) is 19.2. The monoisotopic (exact) mass is 511 g/mol. The SMILES string of the molecule is CCNC(=O)[C@H](C)N(Cc1ccccc1C)C(=O)CN(c1ccc(F)cc1)S(=O)(=O)c1ccccc1. The number of carbonyl (C=O) groups excluding carboxylic acids is 2. The topological polar surface area (TPSA) is 86.8 Å². The molecule has 0 bridgehead atoms. The van der Waals surface area contributed by atoms with E-state index in [-0.39, 0.29) is 23.0 Å². The summed E-state index contributed by atoms with van der Waals surface area (Å²) in [7, 11) is -4.17. The van der Waals surface area contributed by atoms with E-state index in [1.807, 2.05) is 31.2 Å². The number of halogens is 1. The normalized spacial score (nSPS) is 12.0. The van der Waals surface area contributed by atoms with E-state index in [1.165, 1.54) is 29.2 Å². The summed E-state index contributed by atoms with van der Waals surface area (Å²) in [4.78, 5) is 27.8. The lowest BCUT2D eigenvalue weighted by molar-refractivity contribution is -0.139. The van der Waals surface area contributed by atoms with Gasteiger partial charge in [-0.1, -0.05) is 42.5 Å². The molecule has 1 N–H and O–H groups in total. The van der Waals surface area contributed by atoms with Crippen LogP contribution in [-0.4, -0.2) is 44.3 Å². The Hall–Kier alpha value is -3.72. The second-order valence-corrected chi connectivity index (χ2v) is 10.2. The second-order valence-electron chi connectivity index (χ2n) is 8.32. The Morgan fingerprint density at radius 1 is 0.944 bits per heavy atom. The van der Waals surface area contributed by atoms with Gasteiger partial charge in [0.15, 0.2) is 0 Å². The number of aryl methyl sites for hydroxylation is 1. The molecular weight excluding hydrogens is 481 g/mol. The van der Waals surface area contributed by atoms with Crippen LogP contribution >= 0.6 is 0 Å². The van der Waals surface area contributed by atoms with Crippen molar-refractivity contribution in [2.24, 2.45) is 0 Å². The molecule has 0 fully saturated rings. The fraction of sp³-hybridized carbons (Fsp3) is 0.259. The number of carbonyl (C=O) groups is 2. The molecule has 2 amide bonds. The van der Waals surface area contributed by atoms with Crippen molar-refractivity contribution in [3.63, 3.8) is 0 Å². The van der Waals surface area contributed by atoms with Gasteiger partial charge in [-0.05, 0) is 68.3 Å². The maximum absolute atomic E-state index is 13.7. The molecule has 0 spiro atoms. The van der Waals surface area contributed by atoms with Crippen molar-refractivity contribution in [3.05, 3.63) is 95.8 Å². The molecule has 0 unspecified atom stereocenters. The molecule has 0 aliphatic carbocycles. The first kappa shape index (κ1) is 26.9. The third-order valence-electron chi connectivity index (χ3n) is 5.84. The number of rotatable bonds is 10. The molecule has 7 nitrogen and oxygen atoms in total. The van der Waals surface area contributed by atoms with E-state index in [1.54, 1.807) is 32.0 Å². The van der Waals surface area contributed by atoms with E-state index in [0.717, 1.165) is 27.6 Å². The van der Waals surface area contributed by atoms with Crippen molar-refractivity contribution in [3.8, 4) is 0 Å². The fourth-order valence-corrected chi connectivity index (χ4v) is 5.17. The van der Waals surface area contributed by atoms with Crippen LogP contribution in [0, 0.1) is 12.7 Å². The van der Waals surface area contributed by atoms with Crippen molar-refractivity contribution in [1.82, 2.24) is 10.2 Å². The van der Waals surface area contributed by atoms with Gasteiger partial charge in [0.1, 0.15) is 18.4 Å². The number of anilines is 1. The van der Waals surface area contributed by atoms with Gasteiger partial charge < -0.3 is 10.2 Å². The van der Waals surface area contributed by atoms with Crippen LogP contribution in [-0.2, 0) is 26.2 Å². The summed E-state index contributed by atoms with van der Waals surface area (Å²) in [5.41, 5.74) is 1.90. The highest BCUT2D eigenvalue weighted by Crippen LogP contribution is 2.25. The van der Waals surface area contributed by atoms with Gasteiger partial charge in [-0.15, -0.1) is 0 Å². The zero-order valence-electron chi connectivity index (χ0n) is 20.5. The van der Waals surface area contributed by atoms with E-state index in [0.29, 0.717) is 6.54 Å². The Morgan fingerprint density at radius 2 is 1.56 bits per heavy atom. The van der Waals surface area contributed by atoms with Gasteiger partial charge in [0.2, 0.25) is 11.8 Å². The summed E-state index contributed by atoms with van der Waals surface area (Å²) in [6.45, 7) is 5.22. The molecule has 3 rings (SSSR count). The molecule has 0 saturated carbocycles. The lowest BCUT2D eigenvalue weighted by Crippen LogP contribution is -2.51. The summed E-state index contributed by atoms with van der Waals surface area (Å²) in [5, 5.41) is 2.72. The van der Waals surface area contributed by atoms with E-state index in [4.69, 9.17) is 0 Å². The Balaban J connectivity index is 2.02. The highest BCUT2D eigenvalue weighted by atomic mass is 32.2. The van der Waals surface area contributed by atoms with Crippen LogP contribution in [0.25, 0.3) is 0 Å². The fourth-order valence-electron chi connectivity index (χ4n) is 3.73. The maximum Gasteiger partial charge on any atom is 0.264 e. The Labute approximate surface area is 211 Å². The summed E-state index contributed by atoms with van der Waals surface area (Å²) < 4.78 is 41.7. The lowest BCUT2D eigenvalue weighted by Gasteiger charge is -2.32. The highest BCUT2D eigenvalue weighted by Gasteiger charge is 2.32. The predicted octanol–water partition coefficient (Wildman–Crippen LogP) is 3.88. The van der Waals surface area contributed by atoms with E-state index in [9.17, 15) is 22.4 Å². The lowest BCUT2D eigenvalue weighted by atomic mass is 10.1. The highest BCUT2D eigenvalue weighted by molar-refractivity contribution is 7.92. The molecule has 36 heavy (non-hydrogen) atoms. The molecule has 0 aromatic heterocycles.